The summed E-state index contributed by atoms with van der Waals surface area (Å²) in [6, 6.07) is 18.2. The number of aromatic nitrogens is 2. The number of para-hydroxylation sites is 1. The van der Waals surface area contributed by atoms with Crippen molar-refractivity contribution in [1.82, 2.24) is 10.2 Å². The van der Waals surface area contributed by atoms with E-state index in [1.165, 1.54) is 6.08 Å². The first-order valence-corrected chi connectivity index (χ1v) is 10.6. The van der Waals surface area contributed by atoms with Crippen LogP contribution in [0.15, 0.2) is 72.8 Å². The van der Waals surface area contributed by atoms with Crippen LogP contribution in [-0.4, -0.2) is 36.2 Å². The third kappa shape index (κ3) is 4.75. The average molecular weight is 457 g/mol. The molecule has 0 aliphatic rings. The molecule has 0 unspecified atom stereocenters. The van der Waals surface area contributed by atoms with E-state index >= 15 is 0 Å². The first-order valence-electron chi connectivity index (χ1n) is 10.6. The van der Waals surface area contributed by atoms with Gasteiger partial charge in [0, 0.05) is 11.5 Å². The zero-order chi connectivity index (χ0) is 24.1. The molecule has 3 N–H and O–H groups in total. The van der Waals surface area contributed by atoms with Crippen LogP contribution >= 0.6 is 0 Å². The SMILES string of the molecule is C/C=C/C(=O)Nc1ccccc1C(=O)Nc1n[nH]c2cc(-c3cc(OC)cc(OC)c3)ccc12. The molecule has 0 aliphatic carbocycles. The van der Waals surface area contributed by atoms with Crippen molar-refractivity contribution in [2.24, 2.45) is 0 Å². The Morgan fingerprint density at radius 2 is 1.65 bits per heavy atom. The number of amides is 2. The Morgan fingerprint density at radius 1 is 0.912 bits per heavy atom. The number of allylic oxidation sites excluding steroid dienone is 1. The number of rotatable bonds is 7. The van der Waals surface area contributed by atoms with Crippen molar-refractivity contribution >= 4 is 34.2 Å². The molecule has 172 valence electrons. The molecule has 1 aromatic heterocycles. The van der Waals surface area contributed by atoms with Crippen molar-refractivity contribution in [2.75, 3.05) is 24.9 Å². The van der Waals surface area contributed by atoms with Gasteiger partial charge >= 0.3 is 0 Å². The highest BCUT2D eigenvalue weighted by Crippen LogP contribution is 2.32. The Bertz CT molecular complexity index is 1370. The van der Waals surface area contributed by atoms with E-state index < -0.39 is 0 Å². The number of fused-ring (bicyclic) bond motifs is 1. The number of ether oxygens (including phenoxy) is 2. The molecule has 3 aromatic carbocycles. The zero-order valence-corrected chi connectivity index (χ0v) is 19.0. The molecule has 0 saturated carbocycles. The van der Waals surface area contributed by atoms with Crippen LogP contribution < -0.4 is 20.1 Å². The molecule has 1 heterocycles. The Kier molecular flexibility index (Phi) is 6.59. The summed E-state index contributed by atoms with van der Waals surface area (Å²) >= 11 is 0. The molecule has 2 amide bonds. The first-order chi connectivity index (χ1) is 16.5. The van der Waals surface area contributed by atoms with E-state index in [9.17, 15) is 9.59 Å². The maximum absolute atomic E-state index is 13.0. The number of carbonyl (C=O) groups is 2. The van der Waals surface area contributed by atoms with Crippen molar-refractivity contribution in [2.45, 2.75) is 6.92 Å². The molecule has 0 radical (unpaired) electrons. The molecule has 0 bridgehead atoms. The third-order valence-corrected chi connectivity index (χ3v) is 5.23. The molecular weight excluding hydrogens is 432 g/mol. The monoisotopic (exact) mass is 456 g/mol. The van der Waals surface area contributed by atoms with Gasteiger partial charge in [-0.2, -0.15) is 5.10 Å². The van der Waals surface area contributed by atoms with Crippen molar-refractivity contribution in [3.63, 3.8) is 0 Å². The van der Waals surface area contributed by atoms with Crippen LogP contribution in [-0.2, 0) is 4.79 Å². The summed E-state index contributed by atoms with van der Waals surface area (Å²) in [7, 11) is 3.21. The lowest BCUT2D eigenvalue weighted by Crippen LogP contribution is -2.17. The number of H-pyrrole nitrogens is 1. The van der Waals surface area contributed by atoms with Gasteiger partial charge in [-0.25, -0.2) is 0 Å². The average Bonchev–Trinajstić information content (AvgIpc) is 3.25. The van der Waals surface area contributed by atoms with Gasteiger partial charge in [0.2, 0.25) is 5.91 Å². The van der Waals surface area contributed by atoms with Crippen LogP contribution in [0.25, 0.3) is 22.0 Å². The van der Waals surface area contributed by atoms with Crippen LogP contribution in [0.4, 0.5) is 11.5 Å². The Labute approximate surface area is 196 Å². The maximum Gasteiger partial charge on any atom is 0.258 e. The highest BCUT2D eigenvalue weighted by Gasteiger charge is 2.16. The highest BCUT2D eigenvalue weighted by atomic mass is 16.5. The molecule has 0 atom stereocenters. The minimum Gasteiger partial charge on any atom is -0.497 e. The summed E-state index contributed by atoms with van der Waals surface area (Å²) in [5.41, 5.74) is 3.35. The van der Waals surface area contributed by atoms with E-state index in [0.29, 0.717) is 28.6 Å². The van der Waals surface area contributed by atoms with Gasteiger partial charge < -0.3 is 20.1 Å². The normalized spacial score (nSPS) is 10.9. The van der Waals surface area contributed by atoms with Crippen molar-refractivity contribution in [1.29, 1.82) is 0 Å². The second-order valence-electron chi connectivity index (χ2n) is 7.42. The summed E-state index contributed by atoms with van der Waals surface area (Å²) < 4.78 is 10.7. The van der Waals surface area contributed by atoms with E-state index in [-0.39, 0.29) is 11.8 Å². The third-order valence-electron chi connectivity index (χ3n) is 5.23. The maximum atomic E-state index is 13.0. The number of nitrogens with one attached hydrogen (secondary N) is 3. The highest BCUT2D eigenvalue weighted by molar-refractivity contribution is 6.13. The van der Waals surface area contributed by atoms with Gasteiger partial charge in [-0.1, -0.05) is 24.3 Å². The van der Waals surface area contributed by atoms with Gasteiger partial charge in [-0.15, -0.1) is 0 Å². The lowest BCUT2D eigenvalue weighted by Gasteiger charge is -2.10. The van der Waals surface area contributed by atoms with Gasteiger partial charge in [0.1, 0.15) is 11.5 Å². The van der Waals surface area contributed by atoms with Crippen molar-refractivity contribution in [3.05, 3.63) is 78.4 Å². The number of anilines is 2. The predicted octanol–water partition coefficient (Wildman–Crippen LogP) is 5.01. The smallest absolute Gasteiger partial charge is 0.258 e. The minimum absolute atomic E-state index is 0.310. The van der Waals surface area contributed by atoms with Crippen LogP contribution in [0, 0.1) is 0 Å². The molecule has 0 spiro atoms. The van der Waals surface area contributed by atoms with Crippen LogP contribution in [0.5, 0.6) is 11.5 Å². The van der Waals surface area contributed by atoms with Crippen LogP contribution in [0.3, 0.4) is 0 Å². The fourth-order valence-electron chi connectivity index (χ4n) is 3.56. The van der Waals surface area contributed by atoms with Gasteiger partial charge in [-0.05, 0) is 60.5 Å². The predicted molar refractivity (Wildman–Crippen MR) is 132 cm³/mol. The van der Waals surface area contributed by atoms with Gasteiger partial charge in [0.15, 0.2) is 5.82 Å². The van der Waals surface area contributed by atoms with Gasteiger partial charge in [0.05, 0.1) is 31.0 Å². The lowest BCUT2D eigenvalue weighted by molar-refractivity contribution is -0.111. The van der Waals surface area contributed by atoms with E-state index in [4.69, 9.17) is 9.47 Å². The Balaban J connectivity index is 1.61. The fraction of sp³-hybridized carbons (Fsp3) is 0.115. The Morgan fingerprint density at radius 3 is 2.35 bits per heavy atom. The molecule has 4 rings (SSSR count). The summed E-state index contributed by atoms with van der Waals surface area (Å²) in [5, 5.41) is 13.6. The number of hydrogen-bond acceptors (Lipinski definition) is 5. The van der Waals surface area contributed by atoms with E-state index in [1.807, 2.05) is 36.4 Å². The first kappa shape index (κ1) is 22.6. The Hall–Kier alpha value is -4.59. The molecule has 0 saturated heterocycles. The summed E-state index contributed by atoms with van der Waals surface area (Å²) in [5.74, 6) is 1.07. The fourth-order valence-corrected chi connectivity index (χ4v) is 3.56. The quantitative estimate of drug-likeness (QED) is 0.339. The molecule has 4 aromatic rings. The lowest BCUT2D eigenvalue weighted by atomic mass is 10.0. The van der Waals surface area contributed by atoms with Crippen molar-refractivity contribution < 1.29 is 19.1 Å². The van der Waals surface area contributed by atoms with Crippen molar-refractivity contribution in [3.8, 4) is 22.6 Å². The number of hydrogen-bond donors (Lipinski definition) is 3. The molecule has 8 heteroatoms. The topological polar surface area (TPSA) is 105 Å². The molecule has 0 aliphatic heterocycles. The van der Waals surface area contributed by atoms with E-state index in [2.05, 4.69) is 20.8 Å². The molecule has 8 nitrogen and oxygen atoms in total. The number of carbonyl (C=O) groups excluding carboxylic acids is 2. The standard InChI is InChI=1S/C26H24N4O4/c1-4-7-24(31)27-22-9-6-5-8-21(22)26(32)28-25-20-11-10-16(14-23(20)29-30-25)17-12-18(33-2)15-19(13-17)34-3/h4-15H,1-3H3,(H,27,31)(H2,28,29,30,32)/b7-4+. The molecular formula is C26H24N4O4. The van der Waals surface area contributed by atoms with Gasteiger partial charge in [-0.3, -0.25) is 14.7 Å². The summed E-state index contributed by atoms with van der Waals surface area (Å²) in [4.78, 5) is 24.9. The number of nitrogens with zero attached hydrogens (tertiary/aromatic N) is 1. The summed E-state index contributed by atoms with van der Waals surface area (Å²) in [6.45, 7) is 1.75. The van der Waals surface area contributed by atoms with Crippen LogP contribution in [0.1, 0.15) is 17.3 Å². The summed E-state index contributed by atoms with van der Waals surface area (Å²) in [6.07, 6.45) is 3.02. The molecule has 34 heavy (non-hydrogen) atoms. The second kappa shape index (κ2) is 9.91. The van der Waals surface area contributed by atoms with Gasteiger partial charge in [0.25, 0.3) is 5.91 Å². The van der Waals surface area contributed by atoms with Crippen LogP contribution in [0.2, 0.25) is 0 Å². The van der Waals surface area contributed by atoms with E-state index in [0.717, 1.165) is 22.0 Å². The number of methoxy groups -OCH3 is 2. The number of aromatic amines is 1. The second-order valence-corrected chi connectivity index (χ2v) is 7.42. The molecule has 0 fully saturated rings. The minimum atomic E-state index is -0.383. The number of benzene rings is 3. The zero-order valence-electron chi connectivity index (χ0n) is 19.0. The van der Waals surface area contributed by atoms with E-state index in [1.54, 1.807) is 51.5 Å². The largest absolute Gasteiger partial charge is 0.497 e.